The van der Waals surface area contributed by atoms with E-state index in [1.54, 1.807) is 53.1 Å². The molecule has 0 aliphatic heterocycles. The van der Waals surface area contributed by atoms with Gasteiger partial charge >= 0.3 is 0 Å². The van der Waals surface area contributed by atoms with Gasteiger partial charge in [-0.3, -0.25) is 0 Å². The lowest BCUT2D eigenvalue weighted by atomic mass is 10.0. The quantitative estimate of drug-likeness (QED) is 0.184. The number of nitrogens with zero attached hydrogens (tertiary/aromatic N) is 2. The van der Waals surface area contributed by atoms with Gasteiger partial charge in [0.1, 0.15) is 11.2 Å². The minimum atomic E-state index is -0.293. The standard InChI is InChI=1S/C48H30N2O/c1-2-10-31(11-3-1)32-18-22-35(23-19-32)49-43-15-7-4-12-37(43)41-28-33(20-26-45(41)49)34-21-27-46-42(29-34)38-13-5-8-16-44(38)50(46)36-24-25-40-39-14-6-9-17-47(39)51-48(40)30-36/h1-30H/i4D,5D,10D,12D,13D,15D,16D,22D,26D,27D,28D,29D. The van der Waals surface area contributed by atoms with Crippen LogP contribution in [-0.2, 0) is 0 Å². The van der Waals surface area contributed by atoms with E-state index in [4.69, 9.17) is 15.4 Å². The zero-order chi connectivity index (χ0) is 43.9. The fraction of sp³-hybridized carbons (Fsp3) is 0. The van der Waals surface area contributed by atoms with Crippen molar-refractivity contribution in [1.29, 1.82) is 0 Å². The molecule has 0 saturated heterocycles. The minimum Gasteiger partial charge on any atom is -0.456 e. The first-order valence-electron chi connectivity index (χ1n) is 22.4. The molecule has 238 valence electrons. The Morgan fingerprint density at radius 1 is 0.373 bits per heavy atom. The summed E-state index contributed by atoms with van der Waals surface area (Å²) in [6.07, 6.45) is 0. The van der Waals surface area contributed by atoms with Crippen molar-refractivity contribution in [3.63, 3.8) is 0 Å². The van der Waals surface area contributed by atoms with E-state index in [0.717, 1.165) is 10.8 Å². The third kappa shape index (κ3) is 4.25. The minimum absolute atomic E-state index is 0.00669. The Morgan fingerprint density at radius 3 is 1.73 bits per heavy atom. The number of rotatable bonds is 4. The summed E-state index contributed by atoms with van der Waals surface area (Å²) in [6.45, 7) is 0. The van der Waals surface area contributed by atoms with E-state index in [9.17, 15) is 5.48 Å². The lowest BCUT2D eigenvalue weighted by Crippen LogP contribution is -1.94. The molecule has 0 fully saturated rings. The molecule has 8 aromatic carbocycles. The van der Waals surface area contributed by atoms with Gasteiger partial charge in [-0.2, -0.15) is 0 Å². The lowest BCUT2D eigenvalue weighted by molar-refractivity contribution is 0.668. The van der Waals surface area contributed by atoms with E-state index in [-0.39, 0.29) is 133 Å². The average Bonchev–Trinajstić information content (AvgIpc) is 3.94. The zero-order valence-electron chi connectivity index (χ0n) is 38.7. The summed E-state index contributed by atoms with van der Waals surface area (Å²) in [4.78, 5) is 0. The zero-order valence-corrected chi connectivity index (χ0v) is 26.7. The van der Waals surface area contributed by atoms with Crippen LogP contribution in [0.3, 0.4) is 0 Å². The van der Waals surface area contributed by atoms with E-state index in [1.807, 2.05) is 36.4 Å². The molecule has 0 unspecified atom stereocenters. The molecule has 11 aromatic rings. The summed E-state index contributed by atoms with van der Waals surface area (Å²) in [5, 5.41) is 2.08. The summed E-state index contributed by atoms with van der Waals surface area (Å²) >= 11 is 0. The third-order valence-corrected chi connectivity index (χ3v) is 9.49. The van der Waals surface area contributed by atoms with Gasteiger partial charge in [-0.25, -0.2) is 0 Å². The van der Waals surface area contributed by atoms with Crippen LogP contribution in [-0.4, -0.2) is 9.13 Å². The maximum atomic E-state index is 9.79. The van der Waals surface area contributed by atoms with Gasteiger partial charge in [-0.15, -0.1) is 0 Å². The SMILES string of the molecule is [2H]c1ccccc1-c1ccc(-n2c3c([2H])cc([2H])c([2H])c3c3c([2H])c(-c4cc([2H])c5c(c4[2H])c4c([2H])c([2H])cc([2H])c4n5-c4ccc5c(c4)oc4ccccc45)cc([2H])c32)c([2H])c1. The van der Waals surface area contributed by atoms with Crippen molar-refractivity contribution < 1.29 is 20.9 Å². The molecule has 3 aromatic heterocycles. The van der Waals surface area contributed by atoms with Crippen molar-refractivity contribution >= 4 is 65.6 Å². The molecule has 0 bridgehead atoms. The second kappa shape index (κ2) is 10.8. The van der Waals surface area contributed by atoms with Crippen molar-refractivity contribution in [2.75, 3.05) is 0 Å². The number of benzene rings is 8. The second-order valence-electron chi connectivity index (χ2n) is 12.4. The van der Waals surface area contributed by atoms with Gasteiger partial charge in [0, 0.05) is 49.8 Å². The molecule has 0 atom stereocenters. The molecule has 0 spiro atoms. The molecule has 0 radical (unpaired) electrons. The van der Waals surface area contributed by atoms with E-state index >= 15 is 0 Å². The fourth-order valence-corrected chi connectivity index (χ4v) is 7.17. The highest BCUT2D eigenvalue weighted by Crippen LogP contribution is 2.39. The van der Waals surface area contributed by atoms with E-state index in [0.29, 0.717) is 28.0 Å². The molecule has 3 heterocycles. The van der Waals surface area contributed by atoms with Crippen LogP contribution in [0.1, 0.15) is 16.4 Å². The molecule has 0 aliphatic carbocycles. The van der Waals surface area contributed by atoms with Crippen LogP contribution in [0.5, 0.6) is 0 Å². The summed E-state index contributed by atoms with van der Waals surface area (Å²) < 4.78 is 119. The van der Waals surface area contributed by atoms with Crippen LogP contribution in [0.15, 0.2) is 186 Å². The van der Waals surface area contributed by atoms with Crippen LogP contribution in [0, 0.1) is 0 Å². The van der Waals surface area contributed by atoms with Crippen molar-refractivity contribution in [3.05, 3.63) is 182 Å². The Morgan fingerprint density at radius 2 is 1.00 bits per heavy atom. The first kappa shape index (κ1) is 18.8. The predicted octanol–water partition coefficient (Wildman–Crippen LogP) is 13.1. The average molecular weight is 663 g/mol. The Kier molecular flexibility index (Phi) is 3.99. The topological polar surface area (TPSA) is 23.0 Å². The molecule has 0 amide bonds. The molecular formula is C48H30N2O. The maximum absolute atomic E-state index is 9.79. The van der Waals surface area contributed by atoms with Gasteiger partial charge in [0.15, 0.2) is 0 Å². The van der Waals surface area contributed by atoms with Crippen LogP contribution in [0.4, 0.5) is 0 Å². The highest BCUT2D eigenvalue weighted by atomic mass is 16.3. The van der Waals surface area contributed by atoms with Crippen molar-refractivity contribution in [2.24, 2.45) is 0 Å². The van der Waals surface area contributed by atoms with Crippen LogP contribution in [0.2, 0.25) is 0 Å². The second-order valence-corrected chi connectivity index (χ2v) is 12.4. The first-order valence-corrected chi connectivity index (χ1v) is 16.4. The van der Waals surface area contributed by atoms with Gasteiger partial charge in [0.25, 0.3) is 0 Å². The summed E-state index contributed by atoms with van der Waals surface area (Å²) in [5.41, 5.74) is 3.93. The van der Waals surface area contributed by atoms with Gasteiger partial charge in [0.05, 0.1) is 38.5 Å². The van der Waals surface area contributed by atoms with Gasteiger partial charge < -0.3 is 13.6 Å². The summed E-state index contributed by atoms with van der Waals surface area (Å²) in [5.74, 6) is 0. The normalized spacial score (nSPS) is 15.2. The summed E-state index contributed by atoms with van der Waals surface area (Å²) in [6, 6.07) is 28.5. The van der Waals surface area contributed by atoms with E-state index < -0.39 is 0 Å². The van der Waals surface area contributed by atoms with Crippen LogP contribution < -0.4 is 0 Å². The van der Waals surface area contributed by atoms with Crippen LogP contribution in [0.25, 0.3) is 99.2 Å². The fourth-order valence-electron chi connectivity index (χ4n) is 7.17. The molecule has 3 heteroatoms. The van der Waals surface area contributed by atoms with Gasteiger partial charge in [-0.05, 0) is 88.8 Å². The Balaban J connectivity index is 1.20. The number of furan rings is 1. The lowest BCUT2D eigenvalue weighted by Gasteiger charge is -2.10. The Labute approximate surface area is 310 Å². The van der Waals surface area contributed by atoms with E-state index in [1.165, 1.54) is 28.8 Å². The highest BCUT2D eigenvalue weighted by molar-refractivity contribution is 6.13. The number of aromatic nitrogens is 2. The Hall–Kier alpha value is -6.84. The number of hydrogen-bond donors (Lipinski definition) is 0. The van der Waals surface area contributed by atoms with Crippen molar-refractivity contribution in [1.82, 2.24) is 9.13 Å². The first-order chi connectivity index (χ1) is 30.2. The number of para-hydroxylation sites is 3. The maximum Gasteiger partial charge on any atom is 0.137 e. The molecule has 11 rings (SSSR count). The number of fused-ring (bicyclic) bond motifs is 9. The van der Waals surface area contributed by atoms with Crippen molar-refractivity contribution in [3.8, 4) is 33.6 Å². The smallest absolute Gasteiger partial charge is 0.137 e. The predicted molar refractivity (Wildman–Crippen MR) is 213 cm³/mol. The molecular weight excluding hydrogens is 621 g/mol. The van der Waals surface area contributed by atoms with Gasteiger partial charge in [-0.1, -0.05) is 109 Å². The summed E-state index contributed by atoms with van der Waals surface area (Å²) in [7, 11) is 0. The van der Waals surface area contributed by atoms with Crippen molar-refractivity contribution in [2.45, 2.75) is 0 Å². The van der Waals surface area contributed by atoms with E-state index in [2.05, 4.69) is 0 Å². The molecule has 0 N–H and O–H groups in total. The molecule has 51 heavy (non-hydrogen) atoms. The number of hydrogen-bond acceptors (Lipinski definition) is 1. The monoisotopic (exact) mass is 662 g/mol. The third-order valence-electron chi connectivity index (χ3n) is 9.49. The highest BCUT2D eigenvalue weighted by Gasteiger charge is 2.17. The largest absolute Gasteiger partial charge is 0.456 e. The molecule has 0 saturated carbocycles. The Bertz CT molecular complexity index is 3850. The molecule has 0 aliphatic rings. The van der Waals surface area contributed by atoms with Gasteiger partial charge in [0.2, 0.25) is 0 Å². The molecule has 3 nitrogen and oxygen atoms in total. The van der Waals surface area contributed by atoms with Crippen LogP contribution >= 0.6 is 0 Å².